The number of nitrogens with two attached hydrogens (primary N) is 1. The van der Waals surface area contributed by atoms with Crippen LogP contribution in [0.2, 0.25) is 0 Å². The Balaban J connectivity index is 1.95. The molecule has 1 aliphatic carbocycles. The molecule has 0 saturated heterocycles. The predicted molar refractivity (Wildman–Crippen MR) is 67.3 cm³/mol. The van der Waals surface area contributed by atoms with E-state index < -0.39 is 0 Å². The molecule has 3 rings (SSSR count). The monoisotopic (exact) mass is 245 g/mol. The van der Waals surface area contributed by atoms with Crippen molar-refractivity contribution in [2.45, 2.75) is 25.2 Å². The first-order valence-corrected chi connectivity index (χ1v) is 5.90. The summed E-state index contributed by atoms with van der Waals surface area (Å²) >= 11 is 0. The lowest BCUT2D eigenvalue weighted by Gasteiger charge is -2.04. The van der Waals surface area contributed by atoms with Crippen molar-refractivity contribution < 1.29 is 9.26 Å². The lowest BCUT2D eigenvalue weighted by Crippen LogP contribution is -2.01. The summed E-state index contributed by atoms with van der Waals surface area (Å²) in [6, 6.07) is 5.44. The Kier molecular flexibility index (Phi) is 2.29. The van der Waals surface area contributed by atoms with Crippen LogP contribution in [0.3, 0.4) is 0 Å². The summed E-state index contributed by atoms with van der Waals surface area (Å²) in [6.07, 6.45) is 2.24. The number of benzene rings is 1. The van der Waals surface area contributed by atoms with Crippen LogP contribution in [0.4, 0.5) is 5.69 Å². The number of hydrogen-bond acceptors (Lipinski definition) is 5. The van der Waals surface area contributed by atoms with Gasteiger partial charge < -0.3 is 15.0 Å². The van der Waals surface area contributed by atoms with Gasteiger partial charge in [0, 0.05) is 11.0 Å². The van der Waals surface area contributed by atoms with Crippen molar-refractivity contribution in [1.29, 1.82) is 0 Å². The normalized spacial score (nSPS) is 16.6. The third-order valence-electron chi connectivity index (χ3n) is 3.44. The van der Waals surface area contributed by atoms with Gasteiger partial charge in [-0.15, -0.1) is 0 Å². The van der Waals surface area contributed by atoms with Crippen LogP contribution in [0.25, 0.3) is 11.5 Å². The van der Waals surface area contributed by atoms with Crippen LogP contribution in [-0.4, -0.2) is 17.3 Å². The van der Waals surface area contributed by atoms with Gasteiger partial charge in [-0.2, -0.15) is 4.98 Å². The second-order valence-corrected chi connectivity index (χ2v) is 4.94. The first-order valence-electron chi connectivity index (χ1n) is 5.90. The van der Waals surface area contributed by atoms with E-state index in [1.165, 1.54) is 0 Å². The Hall–Kier alpha value is -2.04. The molecule has 2 aromatic rings. The third kappa shape index (κ3) is 1.72. The topological polar surface area (TPSA) is 74.2 Å². The van der Waals surface area contributed by atoms with Gasteiger partial charge in [-0.1, -0.05) is 12.1 Å². The number of nitrogens with zero attached hydrogens (tertiary/aromatic N) is 2. The summed E-state index contributed by atoms with van der Waals surface area (Å²) in [5.41, 5.74) is 7.35. The maximum Gasteiger partial charge on any atom is 0.258 e. The first-order chi connectivity index (χ1) is 8.62. The molecule has 18 heavy (non-hydrogen) atoms. The Morgan fingerprint density at radius 1 is 1.39 bits per heavy atom. The zero-order valence-electron chi connectivity index (χ0n) is 10.4. The van der Waals surface area contributed by atoms with Crippen LogP contribution in [0, 0.1) is 0 Å². The van der Waals surface area contributed by atoms with Crippen molar-refractivity contribution in [1.82, 2.24) is 10.1 Å². The summed E-state index contributed by atoms with van der Waals surface area (Å²) in [5.74, 6) is 1.94. The molecule has 1 aromatic heterocycles. The van der Waals surface area contributed by atoms with Crippen LogP contribution >= 0.6 is 0 Å². The van der Waals surface area contributed by atoms with E-state index in [1.807, 2.05) is 6.07 Å². The number of methoxy groups -OCH3 is 1. The molecule has 0 spiro atoms. The van der Waals surface area contributed by atoms with E-state index >= 15 is 0 Å². The van der Waals surface area contributed by atoms with Crippen LogP contribution in [0.5, 0.6) is 5.75 Å². The summed E-state index contributed by atoms with van der Waals surface area (Å²) in [4.78, 5) is 4.44. The molecule has 1 aromatic carbocycles. The number of ether oxygens (including phenoxy) is 1. The van der Waals surface area contributed by atoms with E-state index in [2.05, 4.69) is 17.1 Å². The van der Waals surface area contributed by atoms with Gasteiger partial charge in [-0.05, 0) is 31.0 Å². The quantitative estimate of drug-likeness (QED) is 0.840. The Bertz CT molecular complexity index is 588. The Morgan fingerprint density at radius 2 is 2.17 bits per heavy atom. The maximum absolute atomic E-state index is 5.86. The fourth-order valence-corrected chi connectivity index (χ4v) is 1.86. The van der Waals surface area contributed by atoms with Crippen molar-refractivity contribution in [2.75, 3.05) is 12.8 Å². The molecular formula is C13H15N3O2. The maximum atomic E-state index is 5.86. The van der Waals surface area contributed by atoms with Crippen molar-refractivity contribution in [3.63, 3.8) is 0 Å². The largest absolute Gasteiger partial charge is 0.495 e. The number of rotatable bonds is 3. The van der Waals surface area contributed by atoms with E-state index in [9.17, 15) is 0 Å². The Labute approximate surface area is 105 Å². The SMILES string of the molecule is COc1ccc(-c2nc(C3(C)CC3)no2)cc1N. The molecule has 0 unspecified atom stereocenters. The number of hydrogen-bond donors (Lipinski definition) is 1. The molecule has 0 amide bonds. The highest BCUT2D eigenvalue weighted by molar-refractivity contribution is 5.65. The van der Waals surface area contributed by atoms with Gasteiger partial charge >= 0.3 is 0 Å². The van der Waals surface area contributed by atoms with Crippen molar-refractivity contribution in [3.05, 3.63) is 24.0 Å². The molecule has 2 N–H and O–H groups in total. The summed E-state index contributed by atoms with van der Waals surface area (Å²) in [7, 11) is 1.59. The summed E-state index contributed by atoms with van der Waals surface area (Å²) in [6.45, 7) is 2.14. The fourth-order valence-electron chi connectivity index (χ4n) is 1.86. The molecule has 1 saturated carbocycles. The summed E-state index contributed by atoms with van der Waals surface area (Å²) in [5, 5.41) is 4.04. The second-order valence-electron chi connectivity index (χ2n) is 4.94. The smallest absolute Gasteiger partial charge is 0.258 e. The van der Waals surface area contributed by atoms with Gasteiger partial charge in [-0.3, -0.25) is 0 Å². The van der Waals surface area contributed by atoms with Crippen LogP contribution < -0.4 is 10.5 Å². The minimum atomic E-state index is 0.111. The molecule has 5 heteroatoms. The van der Waals surface area contributed by atoms with Gasteiger partial charge in [0.05, 0.1) is 12.8 Å². The molecule has 1 fully saturated rings. The zero-order chi connectivity index (χ0) is 12.8. The van der Waals surface area contributed by atoms with E-state index in [-0.39, 0.29) is 5.41 Å². The van der Waals surface area contributed by atoms with Crippen LogP contribution in [0.1, 0.15) is 25.6 Å². The van der Waals surface area contributed by atoms with E-state index in [4.69, 9.17) is 15.0 Å². The minimum absolute atomic E-state index is 0.111. The first kappa shape index (κ1) is 11.1. The third-order valence-corrected chi connectivity index (χ3v) is 3.44. The molecule has 5 nitrogen and oxygen atoms in total. The van der Waals surface area contributed by atoms with Gasteiger partial charge in [-0.25, -0.2) is 0 Å². The van der Waals surface area contributed by atoms with Crippen LogP contribution in [0.15, 0.2) is 22.7 Å². The molecule has 0 bridgehead atoms. The Morgan fingerprint density at radius 3 is 2.78 bits per heavy atom. The minimum Gasteiger partial charge on any atom is -0.495 e. The molecule has 94 valence electrons. The second kappa shape index (κ2) is 3.73. The zero-order valence-corrected chi connectivity index (χ0v) is 10.4. The number of anilines is 1. The highest BCUT2D eigenvalue weighted by Gasteiger charge is 2.43. The van der Waals surface area contributed by atoms with Crippen molar-refractivity contribution in [2.24, 2.45) is 0 Å². The standard InChI is InChI=1S/C13H15N3O2/c1-13(5-6-13)12-15-11(18-16-12)8-3-4-10(17-2)9(14)7-8/h3-4,7H,5-6,14H2,1-2H3. The molecule has 0 atom stereocenters. The van der Waals surface area contributed by atoms with Crippen molar-refractivity contribution in [3.8, 4) is 17.2 Å². The molecule has 1 heterocycles. The molecular weight excluding hydrogens is 230 g/mol. The highest BCUT2D eigenvalue weighted by atomic mass is 16.5. The van der Waals surface area contributed by atoms with E-state index in [0.717, 1.165) is 24.2 Å². The van der Waals surface area contributed by atoms with Gasteiger partial charge in [0.15, 0.2) is 5.82 Å². The molecule has 1 aliphatic rings. The average molecular weight is 245 g/mol. The fraction of sp³-hybridized carbons (Fsp3) is 0.385. The number of nitrogen functional groups attached to an aromatic ring is 1. The van der Waals surface area contributed by atoms with Gasteiger partial charge in [0.2, 0.25) is 0 Å². The average Bonchev–Trinajstić information content (AvgIpc) is 2.94. The number of aromatic nitrogens is 2. The lowest BCUT2D eigenvalue weighted by molar-refractivity contribution is 0.413. The molecule has 0 radical (unpaired) electrons. The van der Waals surface area contributed by atoms with Gasteiger partial charge in [0.1, 0.15) is 5.75 Å². The van der Waals surface area contributed by atoms with Gasteiger partial charge in [0.25, 0.3) is 5.89 Å². The molecule has 0 aliphatic heterocycles. The predicted octanol–water partition coefficient (Wildman–Crippen LogP) is 2.38. The van der Waals surface area contributed by atoms with E-state index in [1.54, 1.807) is 19.2 Å². The summed E-state index contributed by atoms with van der Waals surface area (Å²) < 4.78 is 10.4. The van der Waals surface area contributed by atoms with Crippen molar-refractivity contribution >= 4 is 5.69 Å². The lowest BCUT2D eigenvalue weighted by atomic mass is 10.1. The van der Waals surface area contributed by atoms with Crippen LogP contribution in [-0.2, 0) is 5.41 Å². The van der Waals surface area contributed by atoms with E-state index in [0.29, 0.717) is 17.3 Å². The highest BCUT2D eigenvalue weighted by Crippen LogP contribution is 2.46.